The van der Waals surface area contributed by atoms with Gasteiger partial charge in [-0.3, -0.25) is 0 Å². The smallest absolute Gasteiger partial charge is 0.240 e. The minimum atomic E-state index is -3.38. The van der Waals surface area contributed by atoms with Gasteiger partial charge < -0.3 is 14.8 Å². The Morgan fingerprint density at radius 1 is 1.17 bits per heavy atom. The normalized spacial score (nSPS) is 11.8. The molecule has 0 saturated heterocycles. The van der Waals surface area contributed by atoms with Crippen LogP contribution < -0.4 is 10.0 Å². The number of sulfonamides is 1. The molecule has 6 nitrogen and oxygen atoms in total. The van der Waals surface area contributed by atoms with Crippen LogP contribution in [0.25, 0.3) is 0 Å². The number of methoxy groups -OCH3 is 2. The molecular formula is C11H18N2O4S. The quantitative estimate of drug-likeness (QED) is 0.713. The van der Waals surface area contributed by atoms with E-state index < -0.39 is 10.0 Å². The molecule has 0 amide bonds. The second-order valence-corrected chi connectivity index (χ2v) is 5.40. The average Bonchev–Trinajstić information content (AvgIpc) is 2.40. The van der Waals surface area contributed by atoms with E-state index in [0.29, 0.717) is 6.54 Å². The molecule has 0 unspecified atom stereocenters. The molecule has 1 aromatic carbocycles. The van der Waals surface area contributed by atoms with Crippen molar-refractivity contribution in [3.05, 3.63) is 24.3 Å². The van der Waals surface area contributed by atoms with Crippen LogP contribution in [-0.4, -0.2) is 42.5 Å². The fourth-order valence-corrected chi connectivity index (χ4v) is 2.06. The summed E-state index contributed by atoms with van der Waals surface area (Å²) in [4.78, 5) is 0.227. The van der Waals surface area contributed by atoms with Gasteiger partial charge in [-0.2, -0.15) is 0 Å². The van der Waals surface area contributed by atoms with Gasteiger partial charge in [-0.25, -0.2) is 13.1 Å². The van der Waals surface area contributed by atoms with Crippen molar-refractivity contribution in [3.63, 3.8) is 0 Å². The van der Waals surface area contributed by atoms with Crippen molar-refractivity contribution in [2.45, 2.75) is 11.2 Å². The predicted octanol–water partition coefficient (Wildman–Crippen LogP) is 0.625. The Hall–Kier alpha value is -1.15. The predicted molar refractivity (Wildman–Crippen MR) is 69.0 cm³/mol. The summed E-state index contributed by atoms with van der Waals surface area (Å²) in [7, 11) is 1.10. The molecule has 0 aliphatic rings. The first-order valence-electron chi connectivity index (χ1n) is 5.36. The third-order valence-corrected chi connectivity index (χ3v) is 3.86. The molecular weight excluding hydrogens is 256 g/mol. The Morgan fingerprint density at radius 3 is 2.17 bits per heavy atom. The van der Waals surface area contributed by atoms with Crippen LogP contribution in [0.2, 0.25) is 0 Å². The fourth-order valence-electron chi connectivity index (χ4n) is 1.33. The average molecular weight is 274 g/mol. The van der Waals surface area contributed by atoms with Crippen LogP contribution in [0.5, 0.6) is 0 Å². The van der Waals surface area contributed by atoms with Gasteiger partial charge in [0.05, 0.1) is 11.4 Å². The van der Waals surface area contributed by atoms with Gasteiger partial charge in [0, 0.05) is 19.9 Å². The number of ether oxygens (including phenoxy) is 2. The van der Waals surface area contributed by atoms with Crippen LogP contribution in [0.3, 0.4) is 0 Å². The van der Waals surface area contributed by atoms with Crippen molar-refractivity contribution in [1.29, 1.82) is 0 Å². The zero-order valence-electron chi connectivity index (χ0n) is 10.6. The van der Waals surface area contributed by atoms with Crippen molar-refractivity contribution in [3.8, 4) is 0 Å². The maximum atomic E-state index is 11.5. The SMILES string of the molecule is CNS(=O)(=O)c1ccc(NCC(OC)OC)cc1. The van der Waals surface area contributed by atoms with E-state index in [2.05, 4.69) is 10.0 Å². The van der Waals surface area contributed by atoms with Crippen molar-refractivity contribution in [2.75, 3.05) is 33.1 Å². The fraction of sp³-hybridized carbons (Fsp3) is 0.455. The Labute approximate surface area is 107 Å². The van der Waals surface area contributed by atoms with E-state index in [9.17, 15) is 8.42 Å². The zero-order valence-corrected chi connectivity index (χ0v) is 11.5. The summed E-state index contributed by atoms with van der Waals surface area (Å²) in [5.41, 5.74) is 0.796. The molecule has 1 rings (SSSR count). The van der Waals surface area contributed by atoms with Crippen LogP contribution in [0, 0.1) is 0 Å². The third-order valence-electron chi connectivity index (χ3n) is 2.43. The summed E-state index contributed by atoms with van der Waals surface area (Å²) in [6, 6.07) is 6.44. The van der Waals surface area contributed by atoms with Gasteiger partial charge in [-0.1, -0.05) is 0 Å². The highest BCUT2D eigenvalue weighted by atomic mass is 32.2. The van der Waals surface area contributed by atoms with E-state index in [0.717, 1.165) is 5.69 Å². The molecule has 18 heavy (non-hydrogen) atoms. The molecule has 2 N–H and O–H groups in total. The Morgan fingerprint density at radius 2 is 1.72 bits per heavy atom. The van der Waals surface area contributed by atoms with Crippen molar-refractivity contribution in [2.24, 2.45) is 0 Å². The maximum absolute atomic E-state index is 11.5. The van der Waals surface area contributed by atoms with E-state index in [4.69, 9.17) is 9.47 Å². The summed E-state index contributed by atoms with van der Waals surface area (Å²) in [5.74, 6) is 0. The second-order valence-electron chi connectivity index (χ2n) is 3.51. The Bertz CT molecular complexity index is 454. The Balaban J connectivity index is 2.67. The lowest BCUT2D eigenvalue weighted by Gasteiger charge is -2.15. The van der Waals surface area contributed by atoms with E-state index in [1.807, 2.05) is 0 Å². The number of rotatable bonds is 7. The van der Waals surface area contributed by atoms with Gasteiger partial charge in [-0.15, -0.1) is 0 Å². The molecule has 0 spiro atoms. The summed E-state index contributed by atoms with van der Waals surface area (Å²) in [5, 5.41) is 3.08. The number of benzene rings is 1. The summed E-state index contributed by atoms with van der Waals surface area (Å²) >= 11 is 0. The molecule has 0 bridgehead atoms. The highest BCUT2D eigenvalue weighted by Gasteiger charge is 2.10. The zero-order chi connectivity index (χ0) is 13.6. The molecule has 0 atom stereocenters. The van der Waals surface area contributed by atoms with Crippen LogP contribution in [0.15, 0.2) is 29.2 Å². The van der Waals surface area contributed by atoms with E-state index in [1.54, 1.807) is 26.4 Å². The lowest BCUT2D eigenvalue weighted by Crippen LogP contribution is -2.23. The number of anilines is 1. The first-order valence-corrected chi connectivity index (χ1v) is 6.85. The van der Waals surface area contributed by atoms with Gasteiger partial charge in [0.25, 0.3) is 0 Å². The topological polar surface area (TPSA) is 76.7 Å². The Kier molecular flexibility index (Phi) is 5.54. The number of hydrogen-bond donors (Lipinski definition) is 2. The lowest BCUT2D eigenvalue weighted by molar-refractivity contribution is -0.0914. The molecule has 0 aromatic heterocycles. The van der Waals surface area contributed by atoms with Gasteiger partial charge >= 0.3 is 0 Å². The van der Waals surface area contributed by atoms with Crippen molar-refractivity contribution in [1.82, 2.24) is 4.72 Å². The van der Waals surface area contributed by atoms with E-state index in [-0.39, 0.29) is 11.2 Å². The standard InChI is InChI=1S/C11H18N2O4S/c1-12-18(14,15)10-6-4-9(5-7-10)13-8-11(16-2)17-3/h4-7,11-13H,8H2,1-3H3. The van der Waals surface area contributed by atoms with Gasteiger partial charge in [-0.05, 0) is 31.3 Å². The molecule has 0 aliphatic carbocycles. The lowest BCUT2D eigenvalue weighted by atomic mass is 10.3. The van der Waals surface area contributed by atoms with Crippen LogP contribution in [0.4, 0.5) is 5.69 Å². The maximum Gasteiger partial charge on any atom is 0.240 e. The first kappa shape index (κ1) is 14.9. The van der Waals surface area contributed by atoms with Crippen molar-refractivity contribution < 1.29 is 17.9 Å². The second kappa shape index (κ2) is 6.69. The van der Waals surface area contributed by atoms with Crippen LogP contribution >= 0.6 is 0 Å². The van der Waals surface area contributed by atoms with Gasteiger partial charge in [0.1, 0.15) is 0 Å². The molecule has 7 heteroatoms. The largest absolute Gasteiger partial charge is 0.380 e. The molecule has 0 fully saturated rings. The van der Waals surface area contributed by atoms with Crippen molar-refractivity contribution >= 4 is 15.7 Å². The van der Waals surface area contributed by atoms with Crippen LogP contribution in [-0.2, 0) is 19.5 Å². The summed E-state index contributed by atoms with van der Waals surface area (Å²) in [6.07, 6.45) is -0.342. The van der Waals surface area contributed by atoms with E-state index in [1.165, 1.54) is 19.2 Å². The third kappa shape index (κ3) is 3.95. The molecule has 1 aromatic rings. The van der Waals surface area contributed by atoms with Gasteiger partial charge in [0.15, 0.2) is 6.29 Å². The summed E-state index contributed by atoms with van der Waals surface area (Å²) < 4.78 is 35.3. The molecule has 0 aliphatic heterocycles. The molecule has 0 heterocycles. The molecule has 0 radical (unpaired) electrons. The van der Waals surface area contributed by atoms with E-state index >= 15 is 0 Å². The molecule has 0 saturated carbocycles. The monoisotopic (exact) mass is 274 g/mol. The number of hydrogen-bond acceptors (Lipinski definition) is 5. The minimum absolute atomic E-state index is 0.227. The summed E-state index contributed by atoms with van der Waals surface area (Å²) in [6.45, 7) is 0.477. The number of nitrogens with one attached hydrogen (secondary N) is 2. The van der Waals surface area contributed by atoms with Crippen LogP contribution in [0.1, 0.15) is 0 Å². The van der Waals surface area contributed by atoms with Gasteiger partial charge in [0.2, 0.25) is 10.0 Å². The highest BCUT2D eigenvalue weighted by molar-refractivity contribution is 7.89. The molecule has 102 valence electrons. The first-order chi connectivity index (χ1) is 8.53. The highest BCUT2D eigenvalue weighted by Crippen LogP contribution is 2.13. The minimum Gasteiger partial charge on any atom is -0.380 e.